The van der Waals surface area contributed by atoms with Crippen molar-refractivity contribution < 1.29 is 9.90 Å². The highest BCUT2D eigenvalue weighted by Crippen LogP contribution is 2.25. The van der Waals surface area contributed by atoms with Crippen LogP contribution in [0.15, 0.2) is 29.0 Å². The number of imidazole rings is 1. The number of anilines is 2. The molecule has 5 nitrogen and oxygen atoms in total. The Labute approximate surface area is 112 Å². The highest BCUT2D eigenvalue weighted by atomic mass is 32.1. The van der Waals surface area contributed by atoms with Crippen LogP contribution in [0.4, 0.5) is 11.6 Å². The fourth-order valence-corrected chi connectivity index (χ4v) is 2.66. The van der Waals surface area contributed by atoms with Crippen molar-refractivity contribution in [3.8, 4) is 0 Å². The second kappa shape index (κ2) is 4.40. The fourth-order valence-electron chi connectivity index (χ4n) is 1.88. The molecule has 0 unspecified atom stereocenters. The minimum Gasteiger partial charge on any atom is -0.478 e. The van der Waals surface area contributed by atoms with Crippen molar-refractivity contribution in [1.82, 2.24) is 9.97 Å². The van der Waals surface area contributed by atoms with Crippen molar-refractivity contribution in [3.63, 3.8) is 0 Å². The van der Waals surface area contributed by atoms with E-state index >= 15 is 0 Å². The summed E-state index contributed by atoms with van der Waals surface area (Å²) in [4.78, 5) is 18.5. The highest BCUT2D eigenvalue weighted by Gasteiger charge is 2.12. The zero-order valence-corrected chi connectivity index (χ0v) is 10.9. The first-order valence-corrected chi connectivity index (χ1v) is 6.61. The van der Waals surface area contributed by atoms with Crippen molar-refractivity contribution >= 4 is 40.0 Å². The molecule has 3 rings (SSSR count). The van der Waals surface area contributed by atoms with E-state index in [1.807, 2.05) is 17.7 Å². The molecule has 0 amide bonds. The maximum atomic E-state index is 11.1. The van der Waals surface area contributed by atoms with Gasteiger partial charge in [-0.1, -0.05) is 6.07 Å². The van der Waals surface area contributed by atoms with E-state index in [0.717, 1.165) is 11.3 Å². The second-order valence-corrected chi connectivity index (χ2v) is 4.93. The van der Waals surface area contributed by atoms with Crippen molar-refractivity contribution in [3.05, 3.63) is 40.1 Å². The Kier molecular flexibility index (Phi) is 2.72. The molecule has 96 valence electrons. The van der Waals surface area contributed by atoms with Crippen LogP contribution in [0, 0.1) is 6.92 Å². The normalized spacial score (nSPS) is 10.8. The van der Waals surface area contributed by atoms with E-state index in [4.69, 9.17) is 5.11 Å². The topological polar surface area (TPSA) is 78.0 Å². The molecule has 3 N–H and O–H groups in total. The number of hydrogen-bond donors (Lipinski definition) is 3. The van der Waals surface area contributed by atoms with E-state index in [1.165, 1.54) is 0 Å². The summed E-state index contributed by atoms with van der Waals surface area (Å²) in [7, 11) is 0. The summed E-state index contributed by atoms with van der Waals surface area (Å²) < 4.78 is 0. The smallest absolute Gasteiger partial charge is 0.337 e. The molecule has 0 aliphatic rings. The number of fused-ring (bicyclic) bond motifs is 1. The third kappa shape index (κ3) is 2.06. The molecule has 2 aromatic heterocycles. The molecule has 0 aliphatic carbocycles. The summed E-state index contributed by atoms with van der Waals surface area (Å²) >= 11 is 1.60. The van der Waals surface area contributed by atoms with Crippen LogP contribution in [0.25, 0.3) is 11.0 Å². The highest BCUT2D eigenvalue weighted by molar-refractivity contribution is 7.08. The molecule has 0 radical (unpaired) electrons. The predicted molar refractivity (Wildman–Crippen MR) is 75.4 cm³/mol. The summed E-state index contributed by atoms with van der Waals surface area (Å²) in [6, 6.07) is 5.05. The predicted octanol–water partition coefficient (Wildman–Crippen LogP) is 3.37. The Morgan fingerprint density at radius 3 is 2.95 bits per heavy atom. The molecule has 0 bridgehead atoms. The number of aromatic carboxylic acids is 1. The molecule has 2 heterocycles. The summed E-state index contributed by atoms with van der Waals surface area (Å²) in [5.74, 6) is -0.430. The van der Waals surface area contributed by atoms with Crippen molar-refractivity contribution in [2.45, 2.75) is 6.92 Å². The number of aromatic amines is 1. The quantitative estimate of drug-likeness (QED) is 0.683. The Morgan fingerprint density at radius 2 is 2.26 bits per heavy atom. The number of nitrogens with zero attached hydrogens (tertiary/aromatic N) is 1. The van der Waals surface area contributed by atoms with Crippen LogP contribution in [0.1, 0.15) is 15.9 Å². The number of carbonyl (C=O) groups is 1. The lowest BCUT2D eigenvalue weighted by atomic mass is 10.2. The standard InChI is InChI=1S/C13H11N3O2S/c1-7-5-19-6-10(7)15-13-14-9-4-2-3-8(12(17)18)11(9)16-13/h2-6H,1H3,(H,17,18)(H2,14,15,16). The molecule has 0 saturated carbocycles. The minimum absolute atomic E-state index is 0.198. The van der Waals surface area contributed by atoms with E-state index in [2.05, 4.69) is 15.3 Å². The molecule has 0 fully saturated rings. The molecule has 6 heteroatoms. The lowest BCUT2D eigenvalue weighted by Crippen LogP contribution is -1.97. The fraction of sp³-hybridized carbons (Fsp3) is 0.0769. The number of carboxylic acid groups (broad SMARTS) is 1. The average Bonchev–Trinajstić information content (AvgIpc) is 2.95. The maximum Gasteiger partial charge on any atom is 0.337 e. The largest absolute Gasteiger partial charge is 0.478 e. The van der Waals surface area contributed by atoms with Crippen LogP contribution in [-0.2, 0) is 0 Å². The number of nitrogens with one attached hydrogen (secondary N) is 2. The maximum absolute atomic E-state index is 11.1. The summed E-state index contributed by atoms with van der Waals surface area (Å²) in [6.07, 6.45) is 0. The Hall–Kier alpha value is -2.34. The van der Waals surface area contributed by atoms with Gasteiger partial charge in [0.2, 0.25) is 5.95 Å². The first-order chi connectivity index (χ1) is 9.15. The molecule has 1 aromatic carbocycles. The number of aryl methyl sites for hydroxylation is 1. The van der Waals surface area contributed by atoms with Gasteiger partial charge in [-0.2, -0.15) is 0 Å². The van der Waals surface area contributed by atoms with Gasteiger partial charge in [0.05, 0.1) is 16.8 Å². The molecule has 3 aromatic rings. The van der Waals surface area contributed by atoms with Crippen LogP contribution in [0.5, 0.6) is 0 Å². The van der Waals surface area contributed by atoms with E-state index < -0.39 is 5.97 Å². The lowest BCUT2D eigenvalue weighted by Gasteiger charge is -1.99. The molecule has 0 spiro atoms. The van der Waals surface area contributed by atoms with E-state index in [-0.39, 0.29) is 5.56 Å². The van der Waals surface area contributed by atoms with Gasteiger partial charge in [0.15, 0.2) is 0 Å². The van der Waals surface area contributed by atoms with Crippen LogP contribution in [0.3, 0.4) is 0 Å². The van der Waals surface area contributed by atoms with E-state index in [9.17, 15) is 4.79 Å². The van der Waals surface area contributed by atoms with Crippen molar-refractivity contribution in [2.75, 3.05) is 5.32 Å². The van der Waals surface area contributed by atoms with Crippen molar-refractivity contribution in [1.29, 1.82) is 0 Å². The van der Waals surface area contributed by atoms with Gasteiger partial charge in [-0.3, -0.25) is 0 Å². The second-order valence-electron chi connectivity index (χ2n) is 4.19. The zero-order chi connectivity index (χ0) is 13.4. The van der Waals surface area contributed by atoms with Gasteiger partial charge in [0.25, 0.3) is 0 Å². The van der Waals surface area contributed by atoms with Crippen LogP contribution in [-0.4, -0.2) is 21.0 Å². The molecule has 19 heavy (non-hydrogen) atoms. The van der Waals surface area contributed by atoms with Gasteiger partial charge in [-0.25, -0.2) is 9.78 Å². The van der Waals surface area contributed by atoms with Gasteiger partial charge >= 0.3 is 5.97 Å². The number of hydrogen-bond acceptors (Lipinski definition) is 4. The molecule has 0 aliphatic heterocycles. The van der Waals surface area contributed by atoms with Gasteiger partial charge in [0.1, 0.15) is 5.52 Å². The Balaban J connectivity index is 2.05. The van der Waals surface area contributed by atoms with Crippen molar-refractivity contribution in [2.24, 2.45) is 0 Å². The van der Waals surface area contributed by atoms with E-state index in [0.29, 0.717) is 17.0 Å². The number of H-pyrrole nitrogens is 1. The molecular weight excluding hydrogens is 262 g/mol. The Bertz CT molecular complexity index is 760. The number of carboxylic acids is 1. The van der Waals surface area contributed by atoms with Gasteiger partial charge in [-0.15, -0.1) is 11.3 Å². The number of benzene rings is 1. The van der Waals surface area contributed by atoms with Gasteiger partial charge in [0, 0.05) is 5.38 Å². The molecular formula is C13H11N3O2S. The first kappa shape index (κ1) is 11.7. The number of aromatic nitrogens is 2. The summed E-state index contributed by atoms with van der Waals surface area (Å²) in [5.41, 5.74) is 3.47. The first-order valence-electron chi connectivity index (χ1n) is 5.67. The number of thiophene rings is 1. The van der Waals surface area contributed by atoms with Crippen LogP contribution >= 0.6 is 11.3 Å². The number of rotatable bonds is 3. The summed E-state index contributed by atoms with van der Waals surface area (Å²) in [6.45, 7) is 2.00. The van der Waals surface area contributed by atoms with Crippen LogP contribution < -0.4 is 5.32 Å². The number of para-hydroxylation sites is 1. The van der Waals surface area contributed by atoms with Gasteiger partial charge in [-0.05, 0) is 30.0 Å². The van der Waals surface area contributed by atoms with E-state index in [1.54, 1.807) is 29.5 Å². The summed E-state index contributed by atoms with van der Waals surface area (Å²) in [5, 5.41) is 16.3. The average molecular weight is 273 g/mol. The third-order valence-corrected chi connectivity index (χ3v) is 3.71. The SMILES string of the molecule is Cc1cscc1Nc1nc2c(C(=O)O)cccc2[nH]1. The van der Waals surface area contributed by atoms with Crippen LogP contribution in [0.2, 0.25) is 0 Å². The molecule has 0 atom stereocenters. The molecule has 0 saturated heterocycles. The lowest BCUT2D eigenvalue weighted by molar-refractivity contribution is 0.0699. The Morgan fingerprint density at radius 1 is 1.42 bits per heavy atom. The monoisotopic (exact) mass is 273 g/mol. The minimum atomic E-state index is -0.977. The zero-order valence-electron chi connectivity index (χ0n) is 10.1. The third-order valence-electron chi connectivity index (χ3n) is 2.85. The van der Waals surface area contributed by atoms with Gasteiger partial charge < -0.3 is 15.4 Å².